The van der Waals surface area contributed by atoms with Gasteiger partial charge in [-0.15, -0.1) is 0 Å². The largest absolute Gasteiger partial charge is 0.327 e. The maximum Gasteiger partial charge on any atom is 0.234 e. The number of carbonyl (C=O) groups is 2. The van der Waals surface area contributed by atoms with Crippen molar-refractivity contribution in [3.05, 3.63) is 0 Å². The molecule has 4 nitrogen and oxygen atoms in total. The Morgan fingerprint density at radius 3 is 2.42 bits per heavy atom. The predicted molar refractivity (Wildman–Crippen MR) is 44.1 cm³/mol. The highest BCUT2D eigenvalue weighted by Gasteiger charge is 2.47. The average molecular weight is 170 g/mol. The number of hydrogen-bond acceptors (Lipinski definition) is 3. The van der Waals surface area contributed by atoms with Gasteiger partial charge in [-0.3, -0.25) is 14.9 Å². The Hall–Kier alpha value is -0.900. The van der Waals surface area contributed by atoms with Gasteiger partial charge in [0.05, 0.1) is 5.41 Å². The summed E-state index contributed by atoms with van der Waals surface area (Å²) >= 11 is 0. The van der Waals surface area contributed by atoms with Crippen LogP contribution in [0.3, 0.4) is 0 Å². The standard InChI is InChI=1S/C8H14N2O2/c1-3-8(5(2)9)4-6(11)10-7(8)12/h5H,3-4,9H2,1-2H3,(H,10,11,12). The summed E-state index contributed by atoms with van der Waals surface area (Å²) < 4.78 is 0. The van der Waals surface area contributed by atoms with E-state index in [1.807, 2.05) is 6.92 Å². The second kappa shape index (κ2) is 2.86. The van der Waals surface area contributed by atoms with Crippen LogP contribution < -0.4 is 11.1 Å². The monoisotopic (exact) mass is 170 g/mol. The van der Waals surface area contributed by atoms with Gasteiger partial charge in [-0.05, 0) is 13.3 Å². The fourth-order valence-electron chi connectivity index (χ4n) is 1.64. The normalized spacial score (nSPS) is 31.9. The van der Waals surface area contributed by atoms with Crippen molar-refractivity contribution >= 4 is 11.8 Å². The molecule has 0 radical (unpaired) electrons. The summed E-state index contributed by atoms with van der Waals surface area (Å²) in [6.45, 7) is 3.64. The highest BCUT2D eigenvalue weighted by molar-refractivity contribution is 6.06. The third-order valence-electron chi connectivity index (χ3n) is 2.68. The first-order valence-corrected chi connectivity index (χ1v) is 4.13. The Morgan fingerprint density at radius 1 is 1.67 bits per heavy atom. The molecule has 0 saturated carbocycles. The Kier molecular flexibility index (Phi) is 2.19. The van der Waals surface area contributed by atoms with Crippen LogP contribution in [0, 0.1) is 5.41 Å². The molecule has 1 aliphatic rings. The molecule has 12 heavy (non-hydrogen) atoms. The molecule has 2 unspecified atom stereocenters. The Bertz CT molecular complexity index is 225. The van der Waals surface area contributed by atoms with E-state index in [1.54, 1.807) is 6.92 Å². The molecule has 2 atom stereocenters. The molecule has 2 amide bonds. The van der Waals surface area contributed by atoms with Gasteiger partial charge in [-0.2, -0.15) is 0 Å². The first-order chi connectivity index (χ1) is 5.53. The summed E-state index contributed by atoms with van der Waals surface area (Å²) in [5, 5.41) is 2.28. The van der Waals surface area contributed by atoms with Crippen LogP contribution in [-0.2, 0) is 9.59 Å². The number of nitrogens with one attached hydrogen (secondary N) is 1. The maximum atomic E-state index is 11.4. The van der Waals surface area contributed by atoms with E-state index in [-0.39, 0.29) is 24.3 Å². The van der Waals surface area contributed by atoms with Crippen molar-refractivity contribution in [3.8, 4) is 0 Å². The summed E-state index contributed by atoms with van der Waals surface area (Å²) in [5.74, 6) is -0.427. The molecule has 0 spiro atoms. The van der Waals surface area contributed by atoms with Crippen molar-refractivity contribution < 1.29 is 9.59 Å². The van der Waals surface area contributed by atoms with E-state index in [0.717, 1.165) is 0 Å². The predicted octanol–water partition coefficient (Wildman–Crippen LogP) is -0.223. The Labute approximate surface area is 71.5 Å². The SMILES string of the molecule is CCC1(C(C)N)CC(=O)NC1=O. The maximum absolute atomic E-state index is 11.4. The molecular weight excluding hydrogens is 156 g/mol. The lowest BCUT2D eigenvalue weighted by Crippen LogP contribution is -2.44. The number of imide groups is 1. The summed E-state index contributed by atoms with van der Waals surface area (Å²) in [5.41, 5.74) is 5.03. The zero-order valence-corrected chi connectivity index (χ0v) is 7.39. The van der Waals surface area contributed by atoms with E-state index >= 15 is 0 Å². The van der Waals surface area contributed by atoms with Gasteiger partial charge in [0.1, 0.15) is 0 Å². The summed E-state index contributed by atoms with van der Waals surface area (Å²) in [7, 11) is 0. The lowest BCUT2D eigenvalue weighted by molar-refractivity contribution is -0.129. The van der Waals surface area contributed by atoms with E-state index in [4.69, 9.17) is 5.73 Å². The third kappa shape index (κ3) is 1.12. The van der Waals surface area contributed by atoms with E-state index in [9.17, 15) is 9.59 Å². The van der Waals surface area contributed by atoms with Gasteiger partial charge >= 0.3 is 0 Å². The number of carbonyl (C=O) groups excluding carboxylic acids is 2. The van der Waals surface area contributed by atoms with Crippen LogP contribution >= 0.6 is 0 Å². The molecule has 1 saturated heterocycles. The fraction of sp³-hybridized carbons (Fsp3) is 0.750. The molecule has 1 aliphatic heterocycles. The Balaban J connectivity index is 2.94. The number of amides is 2. The number of rotatable bonds is 2. The Morgan fingerprint density at radius 2 is 2.25 bits per heavy atom. The van der Waals surface area contributed by atoms with Crippen LogP contribution in [0.15, 0.2) is 0 Å². The van der Waals surface area contributed by atoms with Crippen molar-refractivity contribution in [2.24, 2.45) is 11.1 Å². The highest BCUT2D eigenvalue weighted by Crippen LogP contribution is 2.33. The second-order valence-corrected chi connectivity index (χ2v) is 3.35. The van der Waals surface area contributed by atoms with Crippen molar-refractivity contribution in [2.45, 2.75) is 32.7 Å². The minimum absolute atomic E-state index is 0.209. The van der Waals surface area contributed by atoms with Gasteiger partial charge in [-0.1, -0.05) is 6.92 Å². The first kappa shape index (κ1) is 9.19. The van der Waals surface area contributed by atoms with Crippen LogP contribution in [0.4, 0.5) is 0 Å². The van der Waals surface area contributed by atoms with Crippen molar-refractivity contribution in [2.75, 3.05) is 0 Å². The second-order valence-electron chi connectivity index (χ2n) is 3.35. The first-order valence-electron chi connectivity index (χ1n) is 4.13. The van der Waals surface area contributed by atoms with E-state index < -0.39 is 5.41 Å². The molecule has 0 aliphatic carbocycles. The van der Waals surface area contributed by atoms with Crippen LogP contribution in [0.2, 0.25) is 0 Å². The molecule has 0 aromatic heterocycles. The minimum atomic E-state index is -0.656. The van der Waals surface area contributed by atoms with Crippen LogP contribution in [0.5, 0.6) is 0 Å². The molecule has 4 heteroatoms. The van der Waals surface area contributed by atoms with Gasteiger partial charge in [0.2, 0.25) is 11.8 Å². The molecule has 1 fully saturated rings. The third-order valence-corrected chi connectivity index (χ3v) is 2.68. The topological polar surface area (TPSA) is 72.2 Å². The van der Waals surface area contributed by atoms with Crippen LogP contribution in [0.25, 0.3) is 0 Å². The molecule has 0 aromatic rings. The molecule has 1 heterocycles. The molecule has 0 aromatic carbocycles. The number of nitrogens with two attached hydrogens (primary N) is 1. The molecule has 68 valence electrons. The van der Waals surface area contributed by atoms with Gasteiger partial charge in [0.25, 0.3) is 0 Å². The zero-order valence-electron chi connectivity index (χ0n) is 7.39. The molecule has 0 bridgehead atoms. The summed E-state index contributed by atoms with van der Waals surface area (Å²) in [6, 6.07) is -0.269. The van der Waals surface area contributed by atoms with E-state index in [1.165, 1.54) is 0 Å². The van der Waals surface area contributed by atoms with Crippen LogP contribution in [-0.4, -0.2) is 17.9 Å². The highest BCUT2D eigenvalue weighted by atomic mass is 16.2. The average Bonchev–Trinajstić information content (AvgIpc) is 2.26. The minimum Gasteiger partial charge on any atom is -0.327 e. The van der Waals surface area contributed by atoms with Crippen LogP contribution in [0.1, 0.15) is 26.7 Å². The molecular formula is C8H14N2O2. The lowest BCUT2D eigenvalue weighted by Gasteiger charge is -2.27. The molecule has 3 N–H and O–H groups in total. The van der Waals surface area contributed by atoms with Gasteiger partial charge in [0.15, 0.2) is 0 Å². The van der Waals surface area contributed by atoms with Crippen molar-refractivity contribution in [1.82, 2.24) is 5.32 Å². The quantitative estimate of drug-likeness (QED) is 0.562. The number of hydrogen-bond donors (Lipinski definition) is 2. The fourth-order valence-corrected chi connectivity index (χ4v) is 1.64. The van der Waals surface area contributed by atoms with E-state index in [2.05, 4.69) is 5.32 Å². The van der Waals surface area contributed by atoms with Crippen molar-refractivity contribution in [1.29, 1.82) is 0 Å². The van der Waals surface area contributed by atoms with Gasteiger partial charge in [0, 0.05) is 12.5 Å². The van der Waals surface area contributed by atoms with Gasteiger partial charge < -0.3 is 5.73 Å². The van der Waals surface area contributed by atoms with E-state index in [0.29, 0.717) is 6.42 Å². The molecule has 1 rings (SSSR count). The van der Waals surface area contributed by atoms with Gasteiger partial charge in [-0.25, -0.2) is 0 Å². The zero-order chi connectivity index (χ0) is 9.35. The summed E-state index contributed by atoms with van der Waals surface area (Å²) in [6.07, 6.45) is 0.849. The lowest BCUT2D eigenvalue weighted by atomic mass is 9.77. The summed E-state index contributed by atoms with van der Waals surface area (Å²) in [4.78, 5) is 22.3. The van der Waals surface area contributed by atoms with Crippen molar-refractivity contribution in [3.63, 3.8) is 0 Å². The smallest absolute Gasteiger partial charge is 0.234 e.